The van der Waals surface area contributed by atoms with Crippen LogP contribution in [0.3, 0.4) is 0 Å². The minimum atomic E-state index is -1.59. The highest BCUT2D eigenvalue weighted by molar-refractivity contribution is 5.72. The molecule has 10 heteroatoms. The second-order valence-electron chi connectivity index (χ2n) is 5.81. The number of aliphatic hydroxyl groups excluding tert-OH is 4. The summed E-state index contributed by atoms with van der Waals surface area (Å²) < 4.78 is 21.2. The minimum Gasteiger partial charge on any atom is -0.494 e. The largest absolute Gasteiger partial charge is 0.494 e. The lowest BCUT2D eigenvalue weighted by atomic mass is 9.99. The van der Waals surface area contributed by atoms with Gasteiger partial charge < -0.3 is 39.4 Å². The summed E-state index contributed by atoms with van der Waals surface area (Å²) in [4.78, 5) is 0. The van der Waals surface area contributed by atoms with Crippen LogP contribution in [-0.2, 0) is 9.47 Å². The Hall–Kier alpha value is -2.86. The van der Waals surface area contributed by atoms with Gasteiger partial charge in [0, 0.05) is 5.56 Å². The molecule has 5 atom stereocenters. The number of ether oxygens (including phenoxy) is 4. The summed E-state index contributed by atoms with van der Waals surface area (Å²) >= 11 is 0. The molecule has 0 spiro atoms. The fraction of sp³-hybridized carbons (Fsp3) is 0.444. The lowest BCUT2D eigenvalue weighted by Gasteiger charge is -2.39. The Morgan fingerprint density at radius 2 is 1.75 bits per heavy atom. The Labute approximate surface area is 161 Å². The van der Waals surface area contributed by atoms with Gasteiger partial charge in [-0.25, -0.2) is 0 Å². The van der Waals surface area contributed by atoms with E-state index >= 15 is 0 Å². The summed E-state index contributed by atoms with van der Waals surface area (Å²) in [6.07, 6.45) is -7.18. The topological polar surface area (TPSA) is 165 Å². The Morgan fingerprint density at radius 3 is 2.29 bits per heavy atom. The van der Waals surface area contributed by atoms with Crippen molar-refractivity contribution in [3.8, 4) is 23.6 Å². The molecule has 1 saturated heterocycles. The molecule has 1 aromatic rings. The van der Waals surface area contributed by atoms with Gasteiger partial charge in [-0.15, -0.1) is 0 Å². The van der Waals surface area contributed by atoms with Crippen molar-refractivity contribution in [3.05, 3.63) is 29.3 Å². The SMILES string of the molecule is COC(=C(C#N)C#N)c1ccc(OC2OC(CO)C(O)C(O)C2O)c(OC)c1. The van der Waals surface area contributed by atoms with Crippen LogP contribution in [0.2, 0.25) is 0 Å². The molecule has 1 aliphatic heterocycles. The normalized spacial score (nSPS) is 26.5. The number of rotatable bonds is 6. The molecule has 0 aliphatic carbocycles. The highest BCUT2D eigenvalue weighted by Crippen LogP contribution is 2.34. The molecule has 1 aliphatic rings. The molecule has 0 bridgehead atoms. The van der Waals surface area contributed by atoms with Gasteiger partial charge in [0.25, 0.3) is 0 Å². The van der Waals surface area contributed by atoms with Crippen LogP contribution in [-0.4, -0.2) is 72.0 Å². The van der Waals surface area contributed by atoms with Gasteiger partial charge in [-0.3, -0.25) is 0 Å². The molecule has 4 N–H and O–H groups in total. The van der Waals surface area contributed by atoms with Gasteiger partial charge >= 0.3 is 0 Å². The molecule has 0 aromatic heterocycles. The zero-order valence-corrected chi connectivity index (χ0v) is 15.1. The third-order valence-electron chi connectivity index (χ3n) is 4.17. The molecule has 28 heavy (non-hydrogen) atoms. The van der Waals surface area contributed by atoms with E-state index in [1.807, 2.05) is 0 Å². The summed E-state index contributed by atoms with van der Waals surface area (Å²) in [6.45, 7) is -0.589. The Morgan fingerprint density at radius 1 is 1.07 bits per heavy atom. The van der Waals surface area contributed by atoms with Crippen LogP contribution in [0.15, 0.2) is 23.8 Å². The predicted octanol–water partition coefficient (Wildman–Crippen LogP) is -0.721. The molecule has 1 fully saturated rings. The molecule has 0 saturated carbocycles. The minimum absolute atomic E-state index is 0.0442. The second kappa shape index (κ2) is 9.37. The van der Waals surface area contributed by atoms with Crippen molar-refractivity contribution in [3.63, 3.8) is 0 Å². The molecular formula is C18H20N2O8. The van der Waals surface area contributed by atoms with Crippen molar-refractivity contribution in [1.82, 2.24) is 0 Å². The third kappa shape index (κ3) is 4.17. The monoisotopic (exact) mass is 392 g/mol. The molecule has 1 heterocycles. The van der Waals surface area contributed by atoms with Crippen LogP contribution in [0.4, 0.5) is 0 Å². The number of methoxy groups -OCH3 is 2. The first-order valence-electron chi connectivity index (χ1n) is 8.15. The fourth-order valence-electron chi connectivity index (χ4n) is 2.69. The number of hydrogen-bond acceptors (Lipinski definition) is 10. The van der Waals surface area contributed by atoms with Gasteiger partial charge in [0.05, 0.1) is 20.8 Å². The van der Waals surface area contributed by atoms with Gasteiger partial charge in [-0.1, -0.05) is 0 Å². The molecule has 1 aromatic carbocycles. The Bertz CT molecular complexity index is 795. The van der Waals surface area contributed by atoms with E-state index in [-0.39, 0.29) is 22.8 Å². The molecule has 10 nitrogen and oxygen atoms in total. The number of nitrogens with zero attached hydrogens (tertiary/aromatic N) is 2. The van der Waals surface area contributed by atoms with Crippen molar-refractivity contribution in [1.29, 1.82) is 10.5 Å². The van der Waals surface area contributed by atoms with Crippen LogP contribution in [0, 0.1) is 22.7 Å². The number of benzene rings is 1. The van der Waals surface area contributed by atoms with Crippen molar-refractivity contribution in [2.75, 3.05) is 20.8 Å². The maximum Gasteiger partial charge on any atom is 0.229 e. The van der Waals surface area contributed by atoms with Gasteiger partial charge in [-0.05, 0) is 18.2 Å². The molecular weight excluding hydrogens is 372 g/mol. The summed E-state index contributed by atoms with van der Waals surface area (Å²) in [7, 11) is 2.67. The lowest BCUT2D eigenvalue weighted by molar-refractivity contribution is -0.277. The van der Waals surface area contributed by atoms with Gasteiger partial charge in [0.1, 0.15) is 36.6 Å². The van der Waals surface area contributed by atoms with E-state index in [1.54, 1.807) is 12.1 Å². The van der Waals surface area contributed by atoms with Crippen LogP contribution < -0.4 is 9.47 Å². The Balaban J connectivity index is 2.34. The van der Waals surface area contributed by atoms with E-state index in [4.69, 9.17) is 29.5 Å². The first kappa shape index (κ1) is 21.4. The van der Waals surface area contributed by atoms with Crippen molar-refractivity contribution >= 4 is 5.76 Å². The van der Waals surface area contributed by atoms with E-state index in [1.165, 1.54) is 32.4 Å². The predicted molar refractivity (Wildman–Crippen MR) is 92.5 cm³/mol. The lowest BCUT2D eigenvalue weighted by Crippen LogP contribution is -2.60. The van der Waals surface area contributed by atoms with Crippen LogP contribution in [0.25, 0.3) is 5.76 Å². The molecule has 0 radical (unpaired) electrons. The van der Waals surface area contributed by atoms with E-state index in [0.717, 1.165) is 0 Å². The number of hydrogen-bond donors (Lipinski definition) is 4. The third-order valence-corrected chi connectivity index (χ3v) is 4.17. The summed E-state index contributed by atoms with van der Waals surface area (Å²) in [5.74, 6) is 0.323. The first-order chi connectivity index (χ1) is 13.4. The highest BCUT2D eigenvalue weighted by Gasteiger charge is 2.44. The van der Waals surface area contributed by atoms with Crippen molar-refractivity contribution in [2.24, 2.45) is 0 Å². The van der Waals surface area contributed by atoms with E-state index < -0.39 is 37.3 Å². The van der Waals surface area contributed by atoms with E-state index in [2.05, 4.69) is 0 Å². The van der Waals surface area contributed by atoms with Crippen molar-refractivity contribution < 1.29 is 39.4 Å². The highest BCUT2D eigenvalue weighted by atomic mass is 16.7. The summed E-state index contributed by atoms with van der Waals surface area (Å²) in [5, 5.41) is 57.1. The number of aliphatic hydroxyl groups is 4. The average molecular weight is 392 g/mol. The van der Waals surface area contributed by atoms with Crippen LogP contribution in [0.1, 0.15) is 5.56 Å². The van der Waals surface area contributed by atoms with E-state index in [0.29, 0.717) is 5.56 Å². The second-order valence-corrected chi connectivity index (χ2v) is 5.81. The molecule has 2 rings (SSSR count). The number of allylic oxidation sites excluding steroid dienone is 1. The fourth-order valence-corrected chi connectivity index (χ4v) is 2.69. The summed E-state index contributed by atoms with van der Waals surface area (Å²) in [5.41, 5.74) is 0.144. The maximum atomic E-state index is 10.1. The van der Waals surface area contributed by atoms with Crippen LogP contribution in [0.5, 0.6) is 11.5 Å². The zero-order chi connectivity index (χ0) is 20.8. The zero-order valence-electron chi connectivity index (χ0n) is 15.1. The smallest absolute Gasteiger partial charge is 0.229 e. The molecule has 0 amide bonds. The van der Waals surface area contributed by atoms with Crippen molar-refractivity contribution in [2.45, 2.75) is 30.7 Å². The summed E-state index contributed by atoms with van der Waals surface area (Å²) in [6, 6.07) is 7.85. The van der Waals surface area contributed by atoms with Gasteiger partial charge in [-0.2, -0.15) is 10.5 Å². The maximum absolute atomic E-state index is 10.1. The first-order valence-corrected chi connectivity index (χ1v) is 8.15. The van der Waals surface area contributed by atoms with Gasteiger partial charge in [0.15, 0.2) is 22.8 Å². The molecule has 5 unspecified atom stereocenters. The quantitative estimate of drug-likeness (QED) is 0.358. The van der Waals surface area contributed by atoms with E-state index in [9.17, 15) is 20.4 Å². The average Bonchev–Trinajstić information content (AvgIpc) is 2.72. The van der Waals surface area contributed by atoms with Crippen LogP contribution >= 0.6 is 0 Å². The number of nitriles is 2. The standard InChI is InChI=1S/C18H20N2O8/c1-25-12-5-9(17(26-2)10(6-19)7-20)3-4-11(12)27-18-16(24)15(23)14(22)13(8-21)28-18/h3-5,13-16,18,21-24H,8H2,1-2H3. The van der Waals surface area contributed by atoms with Gasteiger partial charge in [0.2, 0.25) is 6.29 Å². The molecule has 150 valence electrons. The Kier molecular flexibility index (Phi) is 7.18.